The highest BCUT2D eigenvalue weighted by Gasteiger charge is 2.12. The normalized spacial score (nSPS) is 10.7. The molecular formula is C21H19N3O3. The molecule has 3 rings (SSSR count). The third-order valence-corrected chi connectivity index (χ3v) is 4.00. The number of hydrogen-bond donors (Lipinski definition) is 2. The van der Waals surface area contributed by atoms with Gasteiger partial charge in [-0.2, -0.15) is 0 Å². The Labute approximate surface area is 157 Å². The summed E-state index contributed by atoms with van der Waals surface area (Å²) in [6.07, 6.45) is 3.13. The van der Waals surface area contributed by atoms with Crippen LogP contribution in [0.25, 0.3) is 0 Å². The van der Waals surface area contributed by atoms with Crippen LogP contribution >= 0.6 is 0 Å². The summed E-state index contributed by atoms with van der Waals surface area (Å²) >= 11 is 0. The molecule has 0 saturated heterocycles. The minimum absolute atomic E-state index is 0.00621. The number of aromatic hydroxyl groups is 1. The Kier molecular flexibility index (Phi) is 5.47. The number of aromatic nitrogens is 1. The van der Waals surface area contributed by atoms with Gasteiger partial charge < -0.3 is 15.2 Å². The first-order valence-corrected chi connectivity index (χ1v) is 8.31. The monoisotopic (exact) mass is 361 g/mol. The molecule has 0 saturated carbocycles. The van der Waals surface area contributed by atoms with Gasteiger partial charge in [-0.05, 0) is 48.9 Å². The summed E-state index contributed by atoms with van der Waals surface area (Å²) in [5, 5.41) is 12.6. The number of rotatable bonds is 5. The largest absolute Gasteiger partial charge is 0.504 e. The van der Waals surface area contributed by atoms with E-state index in [1.165, 1.54) is 6.07 Å². The molecule has 0 aliphatic rings. The number of carbonyl (C=O) groups is 1. The first kappa shape index (κ1) is 18.1. The van der Waals surface area contributed by atoms with Gasteiger partial charge in [-0.25, -0.2) is 9.98 Å². The van der Waals surface area contributed by atoms with Crippen LogP contribution in [0.1, 0.15) is 21.5 Å². The number of nitrogens with zero attached hydrogens (tertiary/aromatic N) is 2. The van der Waals surface area contributed by atoms with Crippen molar-refractivity contribution in [3.63, 3.8) is 0 Å². The zero-order valence-corrected chi connectivity index (χ0v) is 15.0. The van der Waals surface area contributed by atoms with Crippen LogP contribution in [0.4, 0.5) is 11.5 Å². The second-order valence-corrected chi connectivity index (χ2v) is 5.82. The van der Waals surface area contributed by atoms with Crippen LogP contribution < -0.4 is 10.1 Å². The second-order valence-electron chi connectivity index (χ2n) is 5.82. The van der Waals surface area contributed by atoms with E-state index in [1.807, 2.05) is 25.1 Å². The molecule has 0 fully saturated rings. The van der Waals surface area contributed by atoms with E-state index >= 15 is 0 Å². The third kappa shape index (κ3) is 4.30. The second kappa shape index (κ2) is 8.14. The number of carbonyl (C=O) groups excluding carboxylic acids is 1. The Hall–Kier alpha value is -3.67. The summed E-state index contributed by atoms with van der Waals surface area (Å²) in [5.74, 6) is 0.687. The van der Waals surface area contributed by atoms with E-state index in [4.69, 9.17) is 4.74 Å². The average molecular weight is 361 g/mol. The quantitative estimate of drug-likeness (QED) is 0.670. The molecular weight excluding hydrogens is 342 g/mol. The highest BCUT2D eigenvalue weighted by atomic mass is 16.5. The first-order valence-electron chi connectivity index (χ1n) is 8.31. The van der Waals surface area contributed by atoms with E-state index in [0.717, 1.165) is 11.1 Å². The van der Waals surface area contributed by atoms with Gasteiger partial charge >= 0.3 is 0 Å². The molecule has 2 aromatic carbocycles. The molecule has 1 amide bonds. The summed E-state index contributed by atoms with van der Waals surface area (Å²) < 4.78 is 5.27. The van der Waals surface area contributed by atoms with E-state index in [9.17, 15) is 9.90 Å². The number of nitrogens with one attached hydrogen (secondary N) is 1. The van der Waals surface area contributed by atoms with Gasteiger partial charge in [0.2, 0.25) is 0 Å². The molecule has 136 valence electrons. The van der Waals surface area contributed by atoms with Crippen LogP contribution in [0.2, 0.25) is 0 Å². The summed E-state index contributed by atoms with van der Waals surface area (Å²) in [5.41, 5.74) is 2.73. The van der Waals surface area contributed by atoms with Crippen LogP contribution in [-0.4, -0.2) is 29.3 Å². The lowest BCUT2D eigenvalue weighted by Crippen LogP contribution is -2.13. The number of pyridine rings is 1. The lowest BCUT2D eigenvalue weighted by Gasteiger charge is -2.11. The van der Waals surface area contributed by atoms with Gasteiger partial charge in [-0.1, -0.05) is 18.2 Å². The number of anilines is 1. The van der Waals surface area contributed by atoms with E-state index in [-0.39, 0.29) is 17.5 Å². The van der Waals surface area contributed by atoms with Crippen LogP contribution in [0.5, 0.6) is 11.5 Å². The molecule has 1 aromatic heterocycles. The van der Waals surface area contributed by atoms with Gasteiger partial charge in [0.05, 0.1) is 7.11 Å². The van der Waals surface area contributed by atoms with Crippen molar-refractivity contribution in [1.29, 1.82) is 0 Å². The van der Waals surface area contributed by atoms with Crippen molar-refractivity contribution < 1.29 is 14.6 Å². The molecule has 1 heterocycles. The minimum Gasteiger partial charge on any atom is -0.504 e. The highest BCUT2D eigenvalue weighted by molar-refractivity contribution is 6.06. The maximum Gasteiger partial charge on any atom is 0.256 e. The Balaban J connectivity index is 1.78. The Morgan fingerprint density at radius 2 is 2.00 bits per heavy atom. The summed E-state index contributed by atoms with van der Waals surface area (Å²) in [7, 11) is 1.58. The third-order valence-electron chi connectivity index (χ3n) is 4.00. The molecule has 2 N–H and O–H groups in total. The van der Waals surface area contributed by atoms with Crippen molar-refractivity contribution in [3.05, 3.63) is 77.5 Å². The van der Waals surface area contributed by atoms with Crippen LogP contribution in [0.3, 0.4) is 0 Å². The molecule has 0 unspecified atom stereocenters. The van der Waals surface area contributed by atoms with Crippen molar-refractivity contribution in [2.24, 2.45) is 4.99 Å². The van der Waals surface area contributed by atoms with Gasteiger partial charge in [0.25, 0.3) is 5.91 Å². The zero-order chi connectivity index (χ0) is 19.2. The molecule has 0 bridgehead atoms. The van der Waals surface area contributed by atoms with Gasteiger partial charge in [0.15, 0.2) is 11.6 Å². The van der Waals surface area contributed by atoms with Crippen LogP contribution in [0.15, 0.2) is 65.8 Å². The first-order chi connectivity index (χ1) is 13.1. The van der Waals surface area contributed by atoms with E-state index in [0.29, 0.717) is 17.0 Å². The van der Waals surface area contributed by atoms with Crippen molar-refractivity contribution in [1.82, 2.24) is 4.98 Å². The number of aliphatic imine (C=N–C) groups is 1. The maximum atomic E-state index is 12.6. The fraction of sp³-hybridized carbons (Fsp3) is 0.0952. The molecule has 0 atom stereocenters. The molecule has 3 aromatic rings. The lowest BCUT2D eigenvalue weighted by molar-refractivity contribution is 0.102. The molecule has 6 heteroatoms. The van der Waals surface area contributed by atoms with Gasteiger partial charge in [0, 0.05) is 29.2 Å². The summed E-state index contributed by atoms with van der Waals surface area (Å²) in [4.78, 5) is 20.8. The molecule has 0 radical (unpaired) electrons. The fourth-order valence-corrected chi connectivity index (χ4v) is 2.60. The van der Waals surface area contributed by atoms with E-state index in [1.54, 1.807) is 49.9 Å². The smallest absolute Gasteiger partial charge is 0.256 e. The molecule has 0 spiro atoms. The highest BCUT2D eigenvalue weighted by Crippen LogP contribution is 2.23. The molecule has 0 aliphatic heterocycles. The van der Waals surface area contributed by atoms with Crippen molar-refractivity contribution in [3.8, 4) is 11.5 Å². The van der Waals surface area contributed by atoms with Crippen molar-refractivity contribution in [2.45, 2.75) is 6.92 Å². The standard InChI is InChI=1S/C21H19N3O3/c1-14-17(8-4-10-19(14)27-2)21(26)24-16-7-3-6-15(12-16)13-23-20-18(25)9-5-11-22-20/h3-13,25H,1-2H3,(H,24,26)/b23-13+. The Morgan fingerprint density at radius 3 is 2.78 bits per heavy atom. The van der Waals surface area contributed by atoms with Crippen LogP contribution in [-0.2, 0) is 0 Å². The number of methoxy groups -OCH3 is 1. The fourth-order valence-electron chi connectivity index (χ4n) is 2.60. The van der Waals surface area contributed by atoms with Gasteiger partial charge in [0.1, 0.15) is 5.75 Å². The summed E-state index contributed by atoms with van der Waals surface area (Å²) in [6.45, 7) is 1.84. The zero-order valence-electron chi connectivity index (χ0n) is 15.0. The molecule has 27 heavy (non-hydrogen) atoms. The minimum atomic E-state index is -0.220. The maximum absolute atomic E-state index is 12.6. The van der Waals surface area contributed by atoms with E-state index < -0.39 is 0 Å². The van der Waals surface area contributed by atoms with Gasteiger partial charge in [-0.3, -0.25) is 4.79 Å². The van der Waals surface area contributed by atoms with Crippen LogP contribution in [0, 0.1) is 6.92 Å². The number of ether oxygens (including phenoxy) is 1. The predicted molar refractivity (Wildman–Crippen MR) is 105 cm³/mol. The molecule has 0 aliphatic carbocycles. The SMILES string of the molecule is COc1cccc(C(=O)Nc2cccc(/C=N/c3ncccc3O)c2)c1C. The van der Waals surface area contributed by atoms with E-state index in [2.05, 4.69) is 15.3 Å². The number of amides is 1. The number of hydrogen-bond acceptors (Lipinski definition) is 5. The average Bonchev–Trinajstić information content (AvgIpc) is 2.68. The molecule has 6 nitrogen and oxygen atoms in total. The summed E-state index contributed by atoms with van der Waals surface area (Å²) in [6, 6.07) is 15.7. The Morgan fingerprint density at radius 1 is 1.19 bits per heavy atom. The Bertz CT molecular complexity index is 999. The van der Waals surface area contributed by atoms with Crippen molar-refractivity contribution in [2.75, 3.05) is 12.4 Å². The van der Waals surface area contributed by atoms with Gasteiger partial charge in [-0.15, -0.1) is 0 Å². The van der Waals surface area contributed by atoms with Crippen molar-refractivity contribution >= 4 is 23.6 Å². The topological polar surface area (TPSA) is 83.8 Å². The predicted octanol–water partition coefficient (Wildman–Crippen LogP) is 4.11. The lowest BCUT2D eigenvalue weighted by atomic mass is 10.1. The number of benzene rings is 2.